The molecule has 1 aromatic heterocycles. The van der Waals surface area contributed by atoms with Crippen LogP contribution in [0.2, 0.25) is 0 Å². The van der Waals surface area contributed by atoms with Crippen LogP contribution in [-0.4, -0.2) is 16.8 Å². The van der Waals surface area contributed by atoms with Gasteiger partial charge in [0.05, 0.1) is 12.3 Å². The first kappa shape index (κ1) is 21.7. The van der Waals surface area contributed by atoms with Gasteiger partial charge in [0.25, 0.3) is 0 Å². The first-order valence-corrected chi connectivity index (χ1v) is 11.4. The lowest BCUT2D eigenvalue weighted by Gasteiger charge is -2.27. The molecule has 1 saturated carbocycles. The third kappa shape index (κ3) is 6.52. The average molecular weight is 399 g/mol. The first-order chi connectivity index (χ1) is 14.2. The minimum atomic E-state index is -0.133. The molecular formula is C25H35FN2O. The lowest BCUT2D eigenvalue weighted by atomic mass is 9.78. The van der Waals surface area contributed by atoms with Crippen molar-refractivity contribution in [3.05, 3.63) is 41.7 Å². The van der Waals surface area contributed by atoms with Crippen molar-refractivity contribution in [1.29, 1.82) is 0 Å². The zero-order chi connectivity index (χ0) is 20.5. The van der Waals surface area contributed by atoms with Gasteiger partial charge in [-0.3, -0.25) is 0 Å². The Morgan fingerprint density at radius 2 is 1.76 bits per heavy atom. The maximum absolute atomic E-state index is 14.7. The molecule has 0 spiro atoms. The topological polar surface area (TPSA) is 35.0 Å². The summed E-state index contributed by atoms with van der Waals surface area (Å²) in [5.41, 5.74) is 2.25. The highest BCUT2D eigenvalue weighted by Crippen LogP contribution is 2.33. The van der Waals surface area contributed by atoms with Crippen LogP contribution < -0.4 is 4.74 Å². The zero-order valence-corrected chi connectivity index (χ0v) is 18.0. The summed E-state index contributed by atoms with van der Waals surface area (Å²) >= 11 is 0. The smallest absolute Gasteiger partial charge is 0.233 e. The number of unbranched alkanes of at least 4 members (excludes halogenated alkanes) is 2. The molecule has 4 heteroatoms. The van der Waals surface area contributed by atoms with Crippen LogP contribution in [-0.2, 0) is 6.42 Å². The van der Waals surface area contributed by atoms with E-state index in [1.807, 2.05) is 24.3 Å². The van der Waals surface area contributed by atoms with Gasteiger partial charge in [0, 0.05) is 11.6 Å². The molecule has 29 heavy (non-hydrogen) atoms. The van der Waals surface area contributed by atoms with Crippen molar-refractivity contribution < 1.29 is 9.13 Å². The predicted molar refractivity (Wildman–Crippen MR) is 117 cm³/mol. The Labute approximate surface area is 175 Å². The van der Waals surface area contributed by atoms with E-state index in [2.05, 4.69) is 24.0 Å². The largest absolute Gasteiger partial charge is 0.477 e. The van der Waals surface area contributed by atoms with Gasteiger partial charge in [-0.05, 0) is 48.8 Å². The van der Waals surface area contributed by atoms with Gasteiger partial charge in [-0.15, -0.1) is 10.2 Å². The van der Waals surface area contributed by atoms with E-state index in [1.165, 1.54) is 32.1 Å². The maximum Gasteiger partial charge on any atom is 0.233 e. The number of halogens is 1. The van der Waals surface area contributed by atoms with Gasteiger partial charge >= 0.3 is 0 Å². The van der Waals surface area contributed by atoms with Gasteiger partial charge in [0.1, 0.15) is 5.82 Å². The van der Waals surface area contributed by atoms with Crippen LogP contribution in [0.3, 0.4) is 0 Å². The molecule has 0 amide bonds. The normalized spacial score (nSPS) is 19.3. The van der Waals surface area contributed by atoms with Crippen LogP contribution in [0, 0.1) is 17.7 Å². The Morgan fingerprint density at radius 3 is 2.41 bits per heavy atom. The fourth-order valence-corrected chi connectivity index (χ4v) is 4.28. The van der Waals surface area contributed by atoms with Crippen LogP contribution >= 0.6 is 0 Å². The number of nitrogens with zero attached hydrogens (tertiary/aromatic N) is 2. The minimum Gasteiger partial charge on any atom is -0.477 e. The maximum atomic E-state index is 14.7. The van der Waals surface area contributed by atoms with Gasteiger partial charge in [-0.1, -0.05) is 70.9 Å². The first-order valence-electron chi connectivity index (χ1n) is 11.4. The molecule has 0 bridgehead atoms. The summed E-state index contributed by atoms with van der Waals surface area (Å²) in [5.74, 6) is 2.07. The molecule has 1 heterocycles. The van der Waals surface area contributed by atoms with Crippen molar-refractivity contribution in [2.75, 3.05) is 6.61 Å². The number of hydrogen-bond donors (Lipinski definition) is 0. The molecule has 2 aromatic rings. The van der Waals surface area contributed by atoms with Crippen molar-refractivity contribution >= 4 is 0 Å². The summed E-state index contributed by atoms with van der Waals surface area (Å²) in [6.45, 7) is 5.11. The second-order valence-corrected chi connectivity index (χ2v) is 8.45. The second-order valence-electron chi connectivity index (χ2n) is 8.45. The Morgan fingerprint density at radius 1 is 0.966 bits per heavy atom. The zero-order valence-electron chi connectivity index (χ0n) is 18.0. The second kappa shape index (κ2) is 11.3. The van der Waals surface area contributed by atoms with E-state index in [0.717, 1.165) is 55.1 Å². The van der Waals surface area contributed by atoms with Crippen molar-refractivity contribution in [2.45, 2.75) is 78.1 Å². The van der Waals surface area contributed by atoms with Crippen molar-refractivity contribution in [3.63, 3.8) is 0 Å². The quantitative estimate of drug-likeness (QED) is 0.404. The van der Waals surface area contributed by atoms with E-state index in [-0.39, 0.29) is 5.82 Å². The van der Waals surface area contributed by atoms with E-state index in [9.17, 15) is 4.39 Å². The van der Waals surface area contributed by atoms with E-state index >= 15 is 0 Å². The molecule has 158 valence electrons. The van der Waals surface area contributed by atoms with Gasteiger partial charge in [0.15, 0.2) is 0 Å². The number of rotatable bonds is 10. The molecule has 3 rings (SSSR count). The monoisotopic (exact) mass is 398 g/mol. The lowest BCUT2D eigenvalue weighted by molar-refractivity contribution is 0.258. The van der Waals surface area contributed by atoms with Crippen molar-refractivity contribution in [3.8, 4) is 17.1 Å². The molecule has 0 saturated heterocycles. The summed E-state index contributed by atoms with van der Waals surface area (Å²) in [7, 11) is 0. The highest BCUT2D eigenvalue weighted by molar-refractivity contribution is 5.59. The van der Waals surface area contributed by atoms with Gasteiger partial charge in [-0.2, -0.15) is 0 Å². The lowest BCUT2D eigenvalue weighted by Crippen LogP contribution is -2.14. The number of ether oxygens (including phenoxy) is 1. The molecule has 0 radical (unpaired) electrons. The van der Waals surface area contributed by atoms with Gasteiger partial charge in [-0.25, -0.2) is 4.39 Å². The molecule has 0 unspecified atom stereocenters. The molecule has 1 aliphatic rings. The average Bonchev–Trinajstić information content (AvgIpc) is 2.77. The Balaban J connectivity index is 1.52. The van der Waals surface area contributed by atoms with Crippen molar-refractivity contribution in [1.82, 2.24) is 10.2 Å². The van der Waals surface area contributed by atoms with Crippen LogP contribution in [0.4, 0.5) is 4.39 Å². The summed E-state index contributed by atoms with van der Waals surface area (Å²) in [4.78, 5) is 0. The van der Waals surface area contributed by atoms with Crippen LogP contribution in [0.1, 0.15) is 77.2 Å². The van der Waals surface area contributed by atoms with E-state index < -0.39 is 0 Å². The van der Waals surface area contributed by atoms with E-state index in [0.29, 0.717) is 18.2 Å². The molecule has 0 N–H and O–H groups in total. The molecule has 1 aromatic carbocycles. The molecular weight excluding hydrogens is 363 g/mol. The van der Waals surface area contributed by atoms with Crippen molar-refractivity contribution in [2.24, 2.45) is 11.8 Å². The summed E-state index contributed by atoms with van der Waals surface area (Å²) < 4.78 is 20.2. The summed E-state index contributed by atoms with van der Waals surface area (Å²) in [6.07, 6.45) is 11.9. The van der Waals surface area contributed by atoms with Gasteiger partial charge < -0.3 is 4.74 Å². The Bertz CT molecular complexity index is 739. The van der Waals surface area contributed by atoms with Crippen LogP contribution in [0.25, 0.3) is 11.3 Å². The summed E-state index contributed by atoms with van der Waals surface area (Å²) in [6, 6.07) is 9.13. The Hall–Kier alpha value is -1.97. The van der Waals surface area contributed by atoms with Crippen LogP contribution in [0.15, 0.2) is 30.3 Å². The number of aromatic nitrogens is 2. The molecule has 3 nitrogen and oxygen atoms in total. The molecule has 0 atom stereocenters. The highest BCUT2D eigenvalue weighted by atomic mass is 19.1. The standard InChI is InChI=1S/C25H35FN2O/c1-3-5-6-17-29-25-16-15-24(27-28-25)22-14-13-21(23(26)18-22)12-11-20-9-7-19(4-2)8-10-20/h13-16,18-20H,3-12,17H2,1-2H3. The minimum absolute atomic E-state index is 0.133. The van der Waals surface area contributed by atoms with Crippen LogP contribution in [0.5, 0.6) is 5.88 Å². The molecule has 1 fully saturated rings. The number of aryl methyl sites for hydroxylation is 1. The predicted octanol–water partition coefficient (Wildman–Crippen LogP) is 7.00. The van der Waals surface area contributed by atoms with E-state index in [1.54, 1.807) is 6.07 Å². The SMILES string of the molecule is CCCCCOc1ccc(-c2ccc(CCC3CCC(CC)CC3)c(F)c2)nn1. The third-order valence-corrected chi connectivity index (χ3v) is 6.35. The Kier molecular flexibility index (Phi) is 8.45. The molecule has 1 aliphatic carbocycles. The fraction of sp³-hybridized carbons (Fsp3) is 0.600. The number of hydrogen-bond acceptors (Lipinski definition) is 3. The van der Waals surface area contributed by atoms with E-state index in [4.69, 9.17) is 4.74 Å². The third-order valence-electron chi connectivity index (χ3n) is 6.35. The number of benzene rings is 1. The summed E-state index contributed by atoms with van der Waals surface area (Å²) in [5, 5.41) is 8.33. The van der Waals surface area contributed by atoms with Gasteiger partial charge in [0.2, 0.25) is 5.88 Å². The fourth-order valence-electron chi connectivity index (χ4n) is 4.28. The molecule has 0 aliphatic heterocycles. The highest BCUT2D eigenvalue weighted by Gasteiger charge is 2.20.